The lowest BCUT2D eigenvalue weighted by molar-refractivity contribution is -0.115. The van der Waals surface area contributed by atoms with E-state index in [0.717, 1.165) is 26.4 Å². The average Bonchev–Trinajstić information content (AvgIpc) is 3.16. The van der Waals surface area contributed by atoms with E-state index in [1.807, 2.05) is 55.5 Å². The van der Waals surface area contributed by atoms with Gasteiger partial charge in [-0.15, -0.1) is 0 Å². The minimum absolute atomic E-state index is 0.0838. The van der Waals surface area contributed by atoms with E-state index >= 15 is 0 Å². The van der Waals surface area contributed by atoms with E-state index in [-0.39, 0.29) is 11.2 Å². The average molecular weight is 354 g/mol. The standard InChI is InChI=1S/C17H14N4OS2/c1-10(23-16-18-11-6-2-3-7-12(11)19-16)15(22)21-17-20-13-8-4-5-9-14(13)24-17/h2-10H,1H3,(H,18,19)(H,20,21,22). The van der Waals surface area contributed by atoms with E-state index in [1.54, 1.807) is 0 Å². The molecule has 2 heterocycles. The van der Waals surface area contributed by atoms with Gasteiger partial charge in [-0.3, -0.25) is 4.79 Å². The first-order valence-electron chi connectivity index (χ1n) is 7.47. The van der Waals surface area contributed by atoms with E-state index in [0.29, 0.717) is 5.13 Å². The maximum atomic E-state index is 12.4. The van der Waals surface area contributed by atoms with Crippen molar-refractivity contribution < 1.29 is 4.79 Å². The number of thioether (sulfide) groups is 1. The van der Waals surface area contributed by atoms with Crippen LogP contribution in [0.2, 0.25) is 0 Å². The lowest BCUT2D eigenvalue weighted by Gasteiger charge is -2.08. The zero-order chi connectivity index (χ0) is 16.5. The van der Waals surface area contributed by atoms with E-state index in [2.05, 4.69) is 20.3 Å². The molecule has 7 heteroatoms. The molecule has 0 aliphatic rings. The molecular weight excluding hydrogens is 340 g/mol. The van der Waals surface area contributed by atoms with Gasteiger partial charge < -0.3 is 10.3 Å². The lowest BCUT2D eigenvalue weighted by atomic mass is 10.3. The Morgan fingerprint density at radius 2 is 1.88 bits per heavy atom. The highest BCUT2D eigenvalue weighted by molar-refractivity contribution is 8.00. The molecule has 2 aromatic heterocycles. The van der Waals surface area contributed by atoms with E-state index in [1.165, 1.54) is 23.1 Å². The number of aromatic nitrogens is 3. The molecule has 120 valence electrons. The molecular formula is C17H14N4OS2. The van der Waals surface area contributed by atoms with Gasteiger partial charge in [-0.05, 0) is 31.2 Å². The molecule has 0 radical (unpaired) electrons. The third-order valence-corrected chi connectivity index (χ3v) is 5.49. The number of carbonyl (C=O) groups excluding carboxylic acids is 1. The fourth-order valence-electron chi connectivity index (χ4n) is 2.34. The predicted octanol–water partition coefficient (Wildman–Crippen LogP) is 4.29. The van der Waals surface area contributed by atoms with Crippen molar-refractivity contribution in [2.75, 3.05) is 5.32 Å². The summed E-state index contributed by atoms with van der Waals surface area (Å²) in [6.07, 6.45) is 0. The first-order chi connectivity index (χ1) is 11.7. The number of H-pyrrole nitrogens is 1. The second-order valence-corrected chi connectivity index (χ2v) is 7.66. The van der Waals surface area contributed by atoms with Crippen LogP contribution in [0.4, 0.5) is 5.13 Å². The number of hydrogen-bond donors (Lipinski definition) is 2. The molecule has 4 aromatic rings. The molecule has 0 aliphatic heterocycles. The van der Waals surface area contributed by atoms with Crippen LogP contribution in [0, 0.1) is 0 Å². The molecule has 0 spiro atoms. The number of benzene rings is 2. The molecule has 0 saturated heterocycles. The van der Waals surface area contributed by atoms with Crippen LogP contribution in [-0.2, 0) is 4.79 Å². The number of imidazole rings is 1. The molecule has 2 N–H and O–H groups in total. The normalized spacial score (nSPS) is 12.5. The van der Waals surface area contributed by atoms with Gasteiger partial charge in [0.05, 0.1) is 26.5 Å². The van der Waals surface area contributed by atoms with Crippen molar-refractivity contribution in [3.8, 4) is 0 Å². The van der Waals surface area contributed by atoms with Gasteiger partial charge in [0.1, 0.15) is 0 Å². The summed E-state index contributed by atoms with van der Waals surface area (Å²) in [6.45, 7) is 1.86. The Balaban J connectivity index is 1.47. The summed E-state index contributed by atoms with van der Waals surface area (Å²) in [5.41, 5.74) is 2.77. The molecule has 0 bridgehead atoms. The molecule has 5 nitrogen and oxygen atoms in total. The monoisotopic (exact) mass is 354 g/mol. The maximum absolute atomic E-state index is 12.4. The number of anilines is 1. The first kappa shape index (κ1) is 15.2. The minimum atomic E-state index is -0.280. The highest BCUT2D eigenvalue weighted by atomic mass is 32.2. The third-order valence-electron chi connectivity index (χ3n) is 3.55. The van der Waals surface area contributed by atoms with E-state index < -0.39 is 0 Å². The summed E-state index contributed by atoms with van der Waals surface area (Å²) >= 11 is 2.88. The third kappa shape index (κ3) is 3.00. The molecule has 0 saturated carbocycles. The second kappa shape index (κ2) is 6.26. The van der Waals surface area contributed by atoms with Crippen LogP contribution in [-0.4, -0.2) is 26.1 Å². The van der Waals surface area contributed by atoms with Gasteiger partial charge in [0, 0.05) is 0 Å². The van der Waals surface area contributed by atoms with Crippen LogP contribution in [0.25, 0.3) is 21.3 Å². The number of rotatable bonds is 4. The van der Waals surface area contributed by atoms with Crippen LogP contribution in [0.5, 0.6) is 0 Å². The zero-order valence-corrected chi connectivity index (χ0v) is 14.4. The molecule has 24 heavy (non-hydrogen) atoms. The highest BCUT2D eigenvalue weighted by Gasteiger charge is 2.18. The summed E-state index contributed by atoms with van der Waals surface area (Å²) in [7, 11) is 0. The first-order valence-corrected chi connectivity index (χ1v) is 9.16. The highest BCUT2D eigenvalue weighted by Crippen LogP contribution is 2.27. The number of amides is 1. The van der Waals surface area contributed by atoms with Gasteiger partial charge in [-0.2, -0.15) is 0 Å². The Morgan fingerprint density at radius 3 is 2.67 bits per heavy atom. The number of nitrogens with zero attached hydrogens (tertiary/aromatic N) is 2. The summed E-state index contributed by atoms with van der Waals surface area (Å²) < 4.78 is 1.06. The zero-order valence-electron chi connectivity index (χ0n) is 12.8. The lowest BCUT2D eigenvalue weighted by Crippen LogP contribution is -2.22. The fraction of sp³-hybridized carbons (Fsp3) is 0.118. The van der Waals surface area contributed by atoms with E-state index in [4.69, 9.17) is 0 Å². The number of aromatic amines is 1. The minimum Gasteiger partial charge on any atom is -0.333 e. The Labute approximate surface area is 146 Å². The fourth-order valence-corrected chi connectivity index (χ4v) is 4.03. The smallest absolute Gasteiger partial charge is 0.239 e. The van der Waals surface area contributed by atoms with Gasteiger partial charge in [0.15, 0.2) is 10.3 Å². The quantitative estimate of drug-likeness (QED) is 0.536. The van der Waals surface area contributed by atoms with Crippen molar-refractivity contribution in [2.45, 2.75) is 17.3 Å². The van der Waals surface area contributed by atoms with Crippen LogP contribution in [0.1, 0.15) is 6.92 Å². The van der Waals surface area contributed by atoms with Crippen molar-refractivity contribution in [2.24, 2.45) is 0 Å². The van der Waals surface area contributed by atoms with Crippen molar-refractivity contribution in [1.29, 1.82) is 0 Å². The molecule has 1 amide bonds. The molecule has 2 aromatic carbocycles. The van der Waals surface area contributed by atoms with Gasteiger partial charge in [-0.1, -0.05) is 47.4 Å². The number of thiazole rings is 1. The molecule has 1 unspecified atom stereocenters. The van der Waals surface area contributed by atoms with Crippen molar-refractivity contribution in [3.63, 3.8) is 0 Å². The molecule has 4 rings (SSSR count). The van der Waals surface area contributed by atoms with Crippen LogP contribution in [0.3, 0.4) is 0 Å². The Bertz CT molecular complexity index is 957. The van der Waals surface area contributed by atoms with Crippen LogP contribution >= 0.6 is 23.1 Å². The summed E-state index contributed by atoms with van der Waals surface area (Å²) in [5, 5.41) is 3.97. The largest absolute Gasteiger partial charge is 0.333 e. The van der Waals surface area contributed by atoms with Crippen LogP contribution in [0.15, 0.2) is 53.7 Å². The summed E-state index contributed by atoms with van der Waals surface area (Å²) in [6, 6.07) is 15.7. The Hall–Kier alpha value is -2.38. The maximum Gasteiger partial charge on any atom is 0.239 e. The predicted molar refractivity (Wildman–Crippen MR) is 99.7 cm³/mol. The Kier molecular flexibility index (Phi) is 3.95. The molecule has 1 atom stereocenters. The van der Waals surface area contributed by atoms with Crippen molar-refractivity contribution in [3.05, 3.63) is 48.5 Å². The Morgan fingerprint density at radius 1 is 1.12 bits per heavy atom. The van der Waals surface area contributed by atoms with E-state index in [9.17, 15) is 4.79 Å². The number of para-hydroxylation sites is 3. The summed E-state index contributed by atoms with van der Waals surface area (Å²) in [5.74, 6) is -0.0838. The van der Waals surface area contributed by atoms with Gasteiger partial charge in [0.25, 0.3) is 0 Å². The topological polar surface area (TPSA) is 70.7 Å². The van der Waals surface area contributed by atoms with Crippen molar-refractivity contribution in [1.82, 2.24) is 15.0 Å². The SMILES string of the molecule is CC(Sc1nc2ccccc2[nH]1)C(=O)Nc1nc2ccccc2s1. The van der Waals surface area contributed by atoms with Gasteiger partial charge in [0.2, 0.25) is 5.91 Å². The number of fused-ring (bicyclic) bond motifs is 2. The number of nitrogens with one attached hydrogen (secondary N) is 2. The summed E-state index contributed by atoms with van der Waals surface area (Å²) in [4.78, 5) is 24.5. The molecule has 0 fully saturated rings. The number of hydrogen-bond acceptors (Lipinski definition) is 5. The molecule has 0 aliphatic carbocycles. The second-order valence-electron chi connectivity index (χ2n) is 5.30. The van der Waals surface area contributed by atoms with Gasteiger partial charge in [-0.25, -0.2) is 9.97 Å². The van der Waals surface area contributed by atoms with Crippen molar-refractivity contribution >= 4 is 55.4 Å². The van der Waals surface area contributed by atoms with Gasteiger partial charge >= 0.3 is 0 Å². The number of carbonyl (C=O) groups is 1. The van der Waals surface area contributed by atoms with Crippen LogP contribution < -0.4 is 5.32 Å².